The minimum Gasteiger partial charge on any atom is -0.355 e. The van der Waals surface area contributed by atoms with E-state index in [1.54, 1.807) is 6.07 Å². The molecule has 26 heavy (non-hydrogen) atoms. The molecule has 0 saturated heterocycles. The molecular weight excluding hydrogens is 327 g/mol. The Labute approximate surface area is 149 Å². The first-order valence-corrected chi connectivity index (χ1v) is 8.56. The van der Waals surface area contributed by atoms with Crippen LogP contribution in [0, 0.1) is 17.1 Å². The third-order valence-electron chi connectivity index (χ3n) is 5.17. The van der Waals surface area contributed by atoms with Crippen molar-refractivity contribution in [2.24, 2.45) is 0 Å². The van der Waals surface area contributed by atoms with Gasteiger partial charge in [-0.15, -0.1) is 0 Å². The Morgan fingerprint density at radius 1 is 1.19 bits per heavy atom. The molecule has 1 unspecified atom stereocenters. The molecule has 0 bridgehead atoms. The molecule has 126 valence electrons. The minimum atomic E-state index is -0.257. The maximum absolute atomic E-state index is 13.6. The number of nitrogens with one attached hydrogen (secondary N) is 1. The Balaban J connectivity index is 1.71. The number of aryl methyl sites for hydroxylation is 1. The van der Waals surface area contributed by atoms with E-state index >= 15 is 0 Å². The van der Waals surface area contributed by atoms with Gasteiger partial charge < -0.3 is 9.55 Å². The van der Waals surface area contributed by atoms with Crippen LogP contribution in [0.1, 0.15) is 29.3 Å². The normalized spacial score (nSPS) is 15.9. The summed E-state index contributed by atoms with van der Waals surface area (Å²) in [5.74, 6) is -0.257. The fourth-order valence-electron chi connectivity index (χ4n) is 3.93. The first-order valence-electron chi connectivity index (χ1n) is 8.56. The van der Waals surface area contributed by atoms with Gasteiger partial charge in [0.1, 0.15) is 5.82 Å². The van der Waals surface area contributed by atoms with Gasteiger partial charge >= 0.3 is 0 Å². The zero-order valence-electron chi connectivity index (χ0n) is 13.9. The molecule has 0 fully saturated rings. The van der Waals surface area contributed by atoms with Gasteiger partial charge in [-0.25, -0.2) is 9.37 Å². The van der Waals surface area contributed by atoms with E-state index in [9.17, 15) is 9.65 Å². The number of aromatic amines is 1. The molecule has 0 spiro atoms. The fourth-order valence-corrected chi connectivity index (χ4v) is 3.93. The number of nitrogens with zero attached hydrogens (tertiary/aromatic N) is 3. The molecule has 0 aliphatic carbocycles. The summed E-state index contributed by atoms with van der Waals surface area (Å²) in [6.45, 7) is 0. The molecule has 4 aromatic rings. The highest BCUT2D eigenvalue weighted by Gasteiger charge is 2.26. The van der Waals surface area contributed by atoms with E-state index in [0.717, 1.165) is 40.6 Å². The van der Waals surface area contributed by atoms with E-state index in [-0.39, 0.29) is 11.9 Å². The van der Waals surface area contributed by atoms with Gasteiger partial charge in [0.25, 0.3) is 0 Å². The van der Waals surface area contributed by atoms with Gasteiger partial charge in [-0.1, -0.05) is 6.07 Å². The number of H-pyrrole nitrogens is 1. The van der Waals surface area contributed by atoms with Gasteiger partial charge in [0.15, 0.2) is 0 Å². The second-order valence-corrected chi connectivity index (χ2v) is 6.68. The van der Waals surface area contributed by atoms with Gasteiger partial charge in [-0.3, -0.25) is 0 Å². The number of halogens is 1. The molecule has 5 rings (SSSR count). The van der Waals surface area contributed by atoms with Crippen LogP contribution in [0.15, 0.2) is 55.0 Å². The molecule has 3 heterocycles. The molecule has 5 heteroatoms. The Hall–Kier alpha value is -3.39. The maximum Gasteiger partial charge on any atom is 0.123 e. The Morgan fingerprint density at radius 2 is 2.12 bits per heavy atom. The van der Waals surface area contributed by atoms with Gasteiger partial charge in [-0.05, 0) is 54.8 Å². The van der Waals surface area contributed by atoms with E-state index in [1.807, 2.05) is 36.8 Å². The molecule has 1 atom stereocenters. The van der Waals surface area contributed by atoms with Crippen LogP contribution in [0.2, 0.25) is 0 Å². The Morgan fingerprint density at radius 3 is 3.00 bits per heavy atom. The van der Waals surface area contributed by atoms with Crippen LogP contribution in [-0.4, -0.2) is 14.5 Å². The maximum atomic E-state index is 13.6. The fraction of sp³-hybridized carbons (Fsp3) is 0.143. The number of rotatable bonds is 2. The summed E-state index contributed by atoms with van der Waals surface area (Å²) in [5.41, 5.74) is 5.73. The Bertz CT molecular complexity index is 1180. The highest BCUT2D eigenvalue weighted by Crippen LogP contribution is 2.38. The van der Waals surface area contributed by atoms with Crippen LogP contribution in [0.25, 0.3) is 22.2 Å². The van der Waals surface area contributed by atoms with E-state index < -0.39 is 0 Å². The van der Waals surface area contributed by atoms with Gasteiger partial charge in [-0.2, -0.15) is 5.26 Å². The first kappa shape index (κ1) is 14.9. The van der Waals surface area contributed by atoms with Crippen molar-refractivity contribution < 1.29 is 4.39 Å². The van der Waals surface area contributed by atoms with Crippen molar-refractivity contribution in [3.63, 3.8) is 0 Å². The van der Waals surface area contributed by atoms with Crippen LogP contribution in [0.5, 0.6) is 0 Å². The standard InChI is InChI=1S/C21H15FN4/c22-15-2-5-19-14(8-15)9-20(25-19)18-7-13(10-23)1-4-17(18)21-6-3-16-11-24-12-26(16)21/h1-2,4-5,7-9,11-12,21,25H,3,6H2. The second-order valence-electron chi connectivity index (χ2n) is 6.68. The summed E-state index contributed by atoms with van der Waals surface area (Å²) in [6, 6.07) is 14.9. The topological polar surface area (TPSA) is 57.4 Å². The summed E-state index contributed by atoms with van der Waals surface area (Å²) < 4.78 is 15.8. The van der Waals surface area contributed by atoms with Crippen molar-refractivity contribution in [3.8, 4) is 17.3 Å². The summed E-state index contributed by atoms with van der Waals surface area (Å²) >= 11 is 0. The number of aromatic nitrogens is 3. The SMILES string of the molecule is N#Cc1ccc(C2CCc3cncn32)c(-c2cc3cc(F)ccc3[nH]2)c1. The van der Waals surface area contributed by atoms with Crippen LogP contribution >= 0.6 is 0 Å². The first-order chi connectivity index (χ1) is 12.7. The lowest BCUT2D eigenvalue weighted by molar-refractivity contribution is 0.617. The zero-order chi connectivity index (χ0) is 17.7. The minimum absolute atomic E-state index is 0.193. The molecule has 0 radical (unpaired) electrons. The van der Waals surface area contributed by atoms with Crippen molar-refractivity contribution >= 4 is 10.9 Å². The average molecular weight is 342 g/mol. The zero-order valence-corrected chi connectivity index (χ0v) is 13.9. The lowest BCUT2D eigenvalue weighted by Crippen LogP contribution is -2.06. The lowest BCUT2D eigenvalue weighted by Gasteiger charge is -2.17. The second kappa shape index (κ2) is 5.57. The Kier molecular flexibility index (Phi) is 3.19. The quantitative estimate of drug-likeness (QED) is 0.580. The molecule has 1 N–H and O–H groups in total. The number of hydrogen-bond acceptors (Lipinski definition) is 2. The lowest BCUT2D eigenvalue weighted by atomic mass is 9.94. The highest BCUT2D eigenvalue weighted by molar-refractivity contribution is 5.86. The average Bonchev–Trinajstić information content (AvgIpc) is 3.36. The predicted molar refractivity (Wildman–Crippen MR) is 97.1 cm³/mol. The van der Waals surface area contributed by atoms with Crippen molar-refractivity contribution in [1.82, 2.24) is 14.5 Å². The van der Waals surface area contributed by atoms with Crippen LogP contribution in [0.3, 0.4) is 0 Å². The molecule has 1 aliphatic heterocycles. The predicted octanol–water partition coefficient (Wildman–Crippen LogP) is 4.58. The summed E-state index contributed by atoms with van der Waals surface area (Å²) in [5, 5.41) is 10.2. The number of fused-ring (bicyclic) bond motifs is 2. The van der Waals surface area contributed by atoms with Gasteiger partial charge in [0.05, 0.1) is 24.0 Å². The van der Waals surface area contributed by atoms with E-state index in [0.29, 0.717) is 5.56 Å². The van der Waals surface area contributed by atoms with E-state index in [1.165, 1.54) is 17.8 Å². The monoisotopic (exact) mass is 342 g/mol. The molecule has 2 aromatic carbocycles. The highest BCUT2D eigenvalue weighted by atomic mass is 19.1. The van der Waals surface area contributed by atoms with Crippen molar-refractivity contribution in [3.05, 3.63) is 77.6 Å². The van der Waals surface area contributed by atoms with Crippen molar-refractivity contribution in [1.29, 1.82) is 5.26 Å². The summed E-state index contributed by atoms with van der Waals surface area (Å²) in [6.07, 6.45) is 5.78. The van der Waals surface area contributed by atoms with Crippen molar-refractivity contribution in [2.45, 2.75) is 18.9 Å². The smallest absolute Gasteiger partial charge is 0.123 e. The largest absolute Gasteiger partial charge is 0.355 e. The molecule has 0 saturated carbocycles. The number of hydrogen-bond donors (Lipinski definition) is 1. The number of nitriles is 1. The molecule has 2 aromatic heterocycles. The van der Waals surface area contributed by atoms with Crippen LogP contribution in [0.4, 0.5) is 4.39 Å². The number of imidazole rings is 1. The molecule has 4 nitrogen and oxygen atoms in total. The third kappa shape index (κ3) is 2.23. The summed E-state index contributed by atoms with van der Waals surface area (Å²) in [7, 11) is 0. The van der Waals surface area contributed by atoms with Crippen LogP contribution in [-0.2, 0) is 6.42 Å². The third-order valence-corrected chi connectivity index (χ3v) is 5.17. The molecular formula is C21H15FN4. The number of benzene rings is 2. The van der Waals surface area contributed by atoms with E-state index in [2.05, 4.69) is 20.6 Å². The summed E-state index contributed by atoms with van der Waals surface area (Å²) in [4.78, 5) is 7.63. The molecule has 0 amide bonds. The van der Waals surface area contributed by atoms with Gasteiger partial charge in [0, 0.05) is 34.1 Å². The van der Waals surface area contributed by atoms with Gasteiger partial charge in [0.2, 0.25) is 0 Å². The van der Waals surface area contributed by atoms with Crippen molar-refractivity contribution in [2.75, 3.05) is 0 Å². The van der Waals surface area contributed by atoms with Crippen LogP contribution < -0.4 is 0 Å². The van der Waals surface area contributed by atoms with E-state index in [4.69, 9.17) is 0 Å². The molecule has 1 aliphatic rings.